The normalized spacial score (nSPS) is 10.4. The van der Waals surface area contributed by atoms with Crippen LogP contribution in [-0.4, -0.2) is 37.6 Å². The van der Waals surface area contributed by atoms with Crippen LogP contribution in [0.15, 0.2) is 12.2 Å². The Morgan fingerprint density at radius 1 is 1.67 bits per heavy atom. The molecule has 0 spiro atoms. The maximum Gasteiger partial charge on any atom is 0.140 e. The number of nitrogens with zero attached hydrogens (tertiary/aromatic N) is 1. The van der Waals surface area contributed by atoms with Gasteiger partial charge >= 0.3 is 0 Å². The molecule has 0 aliphatic carbocycles. The summed E-state index contributed by atoms with van der Waals surface area (Å²) < 4.78 is 0.420. The van der Waals surface area contributed by atoms with Crippen molar-refractivity contribution in [2.24, 2.45) is 0 Å². The van der Waals surface area contributed by atoms with Crippen LogP contribution in [0.1, 0.15) is 0 Å². The quantitative estimate of drug-likeness (QED) is 0.306. The maximum absolute atomic E-state index is 10.3. The first kappa shape index (κ1) is 10.7. The Kier molecular flexibility index (Phi) is 3.52. The number of hydrogen-bond acceptors (Lipinski definition) is 2. The highest BCUT2D eigenvalue weighted by Crippen LogP contribution is 2.01. The van der Waals surface area contributed by atoms with Crippen LogP contribution in [0.3, 0.4) is 0 Å². The Labute approximate surface area is 72.9 Å². The zero-order valence-electron chi connectivity index (χ0n) is 7.46. The second-order valence-electron chi connectivity index (χ2n) is 3.35. The highest BCUT2D eigenvalue weighted by atomic mass is 16.4. The maximum atomic E-state index is 10.3. The van der Waals surface area contributed by atoms with Crippen molar-refractivity contribution in [2.75, 3.05) is 27.2 Å². The Morgan fingerprint density at radius 2 is 2.17 bits per heavy atom. The third-order valence-electron chi connectivity index (χ3n) is 1.43. The number of carboxylic acid groups (broad SMARTS) is 1. The summed E-state index contributed by atoms with van der Waals surface area (Å²) in [4.78, 5) is 10.3. The molecule has 0 saturated heterocycles. The van der Waals surface area contributed by atoms with Gasteiger partial charge in [0, 0.05) is 5.57 Å². The van der Waals surface area contributed by atoms with Crippen LogP contribution >= 0.6 is 0 Å². The fourth-order valence-corrected chi connectivity index (χ4v) is 0.884. The van der Waals surface area contributed by atoms with Crippen molar-refractivity contribution in [3.8, 4) is 12.3 Å². The van der Waals surface area contributed by atoms with Gasteiger partial charge in [-0.1, -0.05) is 6.58 Å². The SMILES string of the molecule is C#CC[N+](C)(C)CC(=C)C(=O)[O-]. The molecule has 3 nitrogen and oxygen atoms in total. The number of carbonyl (C=O) groups excluding carboxylic acids is 1. The van der Waals surface area contributed by atoms with E-state index in [0.717, 1.165) is 0 Å². The van der Waals surface area contributed by atoms with Crippen molar-refractivity contribution in [3.05, 3.63) is 12.2 Å². The monoisotopic (exact) mass is 167 g/mol. The lowest BCUT2D eigenvalue weighted by Crippen LogP contribution is -2.44. The number of terminal acetylenes is 1. The number of rotatable bonds is 4. The first-order valence-electron chi connectivity index (χ1n) is 3.53. The summed E-state index contributed by atoms with van der Waals surface area (Å²) in [6.45, 7) is 4.17. The van der Waals surface area contributed by atoms with Gasteiger partial charge < -0.3 is 14.4 Å². The predicted molar refractivity (Wildman–Crippen MR) is 44.8 cm³/mol. The highest BCUT2D eigenvalue weighted by molar-refractivity contribution is 5.84. The summed E-state index contributed by atoms with van der Waals surface area (Å²) >= 11 is 0. The minimum Gasteiger partial charge on any atom is -0.545 e. The Morgan fingerprint density at radius 3 is 2.50 bits per heavy atom. The third-order valence-corrected chi connectivity index (χ3v) is 1.43. The van der Waals surface area contributed by atoms with E-state index < -0.39 is 5.97 Å². The summed E-state index contributed by atoms with van der Waals surface area (Å²) in [5, 5.41) is 10.3. The molecule has 0 aromatic heterocycles. The molecule has 0 aliphatic rings. The van der Waals surface area contributed by atoms with E-state index in [9.17, 15) is 9.90 Å². The van der Waals surface area contributed by atoms with Crippen LogP contribution in [0.25, 0.3) is 0 Å². The average Bonchev–Trinajstić information content (AvgIpc) is 1.85. The second-order valence-corrected chi connectivity index (χ2v) is 3.35. The fraction of sp³-hybridized carbons (Fsp3) is 0.444. The van der Waals surface area contributed by atoms with Crippen LogP contribution in [0.4, 0.5) is 0 Å². The average molecular weight is 167 g/mol. The molecule has 3 heteroatoms. The largest absolute Gasteiger partial charge is 0.545 e. The van der Waals surface area contributed by atoms with Gasteiger partial charge in [0.15, 0.2) is 0 Å². The predicted octanol–water partition coefficient (Wildman–Crippen LogP) is -0.998. The minimum atomic E-state index is -1.21. The number of quaternary nitrogens is 1. The van der Waals surface area contributed by atoms with Gasteiger partial charge in [0.05, 0.1) is 20.1 Å². The molecule has 0 saturated carbocycles. The number of hydrogen-bond donors (Lipinski definition) is 0. The summed E-state index contributed by atoms with van der Waals surface area (Å²) in [6.07, 6.45) is 5.11. The number of carboxylic acids is 1. The number of likely N-dealkylation sites (N-methyl/N-ethyl adjacent to an activating group) is 1. The van der Waals surface area contributed by atoms with Crippen LogP contribution in [-0.2, 0) is 4.79 Å². The highest BCUT2D eigenvalue weighted by Gasteiger charge is 2.14. The molecular formula is C9H13NO2. The van der Waals surface area contributed by atoms with Gasteiger partial charge in [-0.15, -0.1) is 6.42 Å². The van der Waals surface area contributed by atoms with Crippen LogP contribution in [0.5, 0.6) is 0 Å². The lowest BCUT2D eigenvalue weighted by atomic mass is 10.2. The van der Waals surface area contributed by atoms with Crippen molar-refractivity contribution < 1.29 is 14.4 Å². The number of carbonyl (C=O) groups is 1. The van der Waals surface area contributed by atoms with E-state index in [1.165, 1.54) is 0 Å². The van der Waals surface area contributed by atoms with Gasteiger partial charge in [-0.2, -0.15) is 0 Å². The van der Waals surface area contributed by atoms with Gasteiger partial charge in [0.2, 0.25) is 0 Å². The van der Waals surface area contributed by atoms with E-state index in [1.807, 2.05) is 14.1 Å². The molecule has 0 radical (unpaired) electrons. The standard InChI is InChI=1S/C9H13NO2/c1-5-6-10(3,4)7-8(2)9(11)12/h1H,2,6-7H2,3-4H3. The molecule has 0 N–H and O–H groups in total. The van der Waals surface area contributed by atoms with E-state index in [0.29, 0.717) is 17.6 Å². The lowest BCUT2D eigenvalue weighted by Gasteiger charge is -2.28. The molecular weight excluding hydrogens is 154 g/mol. The van der Waals surface area contributed by atoms with Crippen molar-refractivity contribution in [1.29, 1.82) is 0 Å². The van der Waals surface area contributed by atoms with Gasteiger partial charge in [0.1, 0.15) is 13.1 Å². The van der Waals surface area contributed by atoms with Crippen LogP contribution < -0.4 is 5.11 Å². The topological polar surface area (TPSA) is 40.1 Å². The van der Waals surface area contributed by atoms with Crippen molar-refractivity contribution in [2.45, 2.75) is 0 Å². The van der Waals surface area contributed by atoms with E-state index >= 15 is 0 Å². The third kappa shape index (κ3) is 3.79. The summed E-state index contributed by atoms with van der Waals surface area (Å²) in [5.41, 5.74) is 0.0789. The fourth-order valence-electron chi connectivity index (χ4n) is 0.884. The summed E-state index contributed by atoms with van der Waals surface area (Å²) in [7, 11) is 3.68. The molecule has 0 heterocycles. The summed E-state index contributed by atoms with van der Waals surface area (Å²) in [6, 6.07) is 0. The van der Waals surface area contributed by atoms with E-state index in [2.05, 4.69) is 12.5 Å². The van der Waals surface area contributed by atoms with Crippen molar-refractivity contribution in [1.82, 2.24) is 0 Å². The first-order chi connectivity index (χ1) is 5.39. The van der Waals surface area contributed by atoms with Gasteiger partial charge in [-0.25, -0.2) is 0 Å². The van der Waals surface area contributed by atoms with E-state index in [1.54, 1.807) is 0 Å². The Balaban J connectivity index is 4.17. The summed E-state index contributed by atoms with van der Waals surface area (Å²) in [5.74, 6) is 1.26. The van der Waals surface area contributed by atoms with Gasteiger partial charge in [0.25, 0.3) is 0 Å². The Bertz CT molecular complexity index is 235. The van der Waals surface area contributed by atoms with Crippen LogP contribution in [0, 0.1) is 12.3 Å². The second kappa shape index (κ2) is 3.93. The lowest BCUT2D eigenvalue weighted by molar-refractivity contribution is -0.878. The first-order valence-corrected chi connectivity index (χ1v) is 3.53. The van der Waals surface area contributed by atoms with Crippen molar-refractivity contribution in [3.63, 3.8) is 0 Å². The minimum absolute atomic E-state index is 0.0789. The molecule has 0 fully saturated rings. The molecule has 12 heavy (non-hydrogen) atoms. The van der Waals surface area contributed by atoms with Crippen molar-refractivity contribution >= 4 is 5.97 Å². The molecule has 0 bridgehead atoms. The molecule has 0 aromatic rings. The molecule has 66 valence electrons. The molecule has 0 atom stereocenters. The van der Waals surface area contributed by atoms with E-state index in [-0.39, 0.29) is 5.57 Å². The Hall–Kier alpha value is -1.27. The van der Waals surface area contributed by atoms with Gasteiger partial charge in [-0.3, -0.25) is 0 Å². The molecule has 0 unspecified atom stereocenters. The smallest absolute Gasteiger partial charge is 0.140 e. The molecule has 0 amide bonds. The molecule has 0 rings (SSSR count). The van der Waals surface area contributed by atoms with Crippen LogP contribution in [0.2, 0.25) is 0 Å². The molecule has 0 aliphatic heterocycles. The zero-order chi connectivity index (χ0) is 9.78. The van der Waals surface area contributed by atoms with Gasteiger partial charge in [-0.05, 0) is 5.92 Å². The zero-order valence-corrected chi connectivity index (χ0v) is 7.46. The van der Waals surface area contributed by atoms with E-state index in [4.69, 9.17) is 6.42 Å². The number of aliphatic carboxylic acids is 1. The molecule has 0 aromatic carbocycles.